The van der Waals surface area contributed by atoms with Gasteiger partial charge in [-0.3, -0.25) is 9.88 Å². The molecular formula is C28H33BrN8. The fourth-order valence-electron chi connectivity index (χ4n) is 5.30. The van der Waals surface area contributed by atoms with Crippen molar-refractivity contribution in [2.45, 2.75) is 25.4 Å². The lowest BCUT2D eigenvalue weighted by molar-refractivity contribution is 0.250. The van der Waals surface area contributed by atoms with Crippen LogP contribution in [0.2, 0.25) is 0 Å². The zero-order valence-corrected chi connectivity index (χ0v) is 22.8. The molecule has 0 atom stereocenters. The van der Waals surface area contributed by atoms with Crippen LogP contribution < -0.4 is 10.2 Å². The van der Waals surface area contributed by atoms with Gasteiger partial charge < -0.3 is 20.1 Å². The molecule has 5 heterocycles. The summed E-state index contributed by atoms with van der Waals surface area (Å²) >= 11 is 3.70. The van der Waals surface area contributed by atoms with Gasteiger partial charge in [0, 0.05) is 68.6 Å². The van der Waals surface area contributed by atoms with Crippen LogP contribution in [-0.2, 0) is 6.54 Å². The van der Waals surface area contributed by atoms with E-state index < -0.39 is 0 Å². The standard InChI is InChI=1S/C28H33BrN8/c1-35-12-8-22(9-13-35)32-25-24(29)18-31-28-26(25)33-27(34-28)21-2-4-23(5-3-21)37-16-14-36(15-17-37)19-20-6-10-30-11-7-20/h2-7,10-11,18,22H,8-9,12-17,19H2,1H3,(H2,31,32,33,34). The number of hydrogen-bond donors (Lipinski definition) is 2. The summed E-state index contributed by atoms with van der Waals surface area (Å²) in [6, 6.07) is 13.4. The SMILES string of the molecule is CN1CCC(Nc2c(Br)cnc3[nH]c(-c4ccc(N5CCN(Cc6ccncc6)CC5)cc4)nc23)CC1. The number of pyridine rings is 2. The van der Waals surface area contributed by atoms with Gasteiger partial charge in [-0.15, -0.1) is 0 Å². The van der Waals surface area contributed by atoms with Gasteiger partial charge >= 0.3 is 0 Å². The highest BCUT2D eigenvalue weighted by molar-refractivity contribution is 9.10. The van der Waals surface area contributed by atoms with Crippen LogP contribution in [0.3, 0.4) is 0 Å². The molecule has 9 heteroatoms. The van der Waals surface area contributed by atoms with Crippen molar-refractivity contribution in [3.05, 3.63) is 65.0 Å². The number of aromatic amines is 1. The first-order chi connectivity index (χ1) is 18.1. The lowest BCUT2D eigenvalue weighted by Crippen LogP contribution is -2.45. The molecule has 0 saturated carbocycles. The van der Waals surface area contributed by atoms with E-state index in [2.05, 4.69) is 94.3 Å². The van der Waals surface area contributed by atoms with Crippen molar-refractivity contribution in [3.63, 3.8) is 0 Å². The Balaban J connectivity index is 1.13. The van der Waals surface area contributed by atoms with Crippen LogP contribution in [0.15, 0.2) is 59.5 Å². The first kappa shape index (κ1) is 24.3. The number of H-pyrrole nitrogens is 1. The Morgan fingerprint density at radius 3 is 2.43 bits per heavy atom. The Kier molecular flexibility index (Phi) is 7.08. The van der Waals surface area contributed by atoms with Gasteiger partial charge in [0.05, 0.1) is 10.2 Å². The van der Waals surface area contributed by atoms with Crippen molar-refractivity contribution < 1.29 is 0 Å². The van der Waals surface area contributed by atoms with Crippen LogP contribution in [0, 0.1) is 0 Å². The number of fused-ring (bicyclic) bond motifs is 1. The molecule has 4 aromatic rings. The minimum absolute atomic E-state index is 0.447. The molecule has 6 rings (SSSR count). The summed E-state index contributed by atoms with van der Waals surface area (Å²) in [7, 11) is 2.19. The molecule has 3 aromatic heterocycles. The molecule has 0 spiro atoms. The van der Waals surface area contributed by atoms with Crippen LogP contribution in [-0.4, -0.2) is 82.1 Å². The van der Waals surface area contributed by atoms with Crippen LogP contribution in [0.5, 0.6) is 0 Å². The Labute approximate surface area is 226 Å². The normalized spacial score (nSPS) is 17.9. The maximum absolute atomic E-state index is 4.97. The maximum Gasteiger partial charge on any atom is 0.159 e. The summed E-state index contributed by atoms with van der Waals surface area (Å²) < 4.78 is 0.954. The van der Waals surface area contributed by atoms with Crippen LogP contribution in [0.25, 0.3) is 22.6 Å². The monoisotopic (exact) mass is 560 g/mol. The molecule has 8 nitrogen and oxygen atoms in total. The van der Waals surface area contributed by atoms with E-state index in [1.165, 1.54) is 11.3 Å². The van der Waals surface area contributed by atoms with Crippen molar-refractivity contribution in [3.8, 4) is 11.4 Å². The van der Waals surface area contributed by atoms with Gasteiger partial charge in [0.15, 0.2) is 5.65 Å². The second-order valence-electron chi connectivity index (χ2n) is 10.2. The van der Waals surface area contributed by atoms with Crippen molar-refractivity contribution >= 4 is 38.5 Å². The van der Waals surface area contributed by atoms with Crippen molar-refractivity contribution in [2.75, 3.05) is 56.5 Å². The molecule has 2 saturated heterocycles. The number of nitrogens with one attached hydrogen (secondary N) is 2. The average molecular weight is 562 g/mol. The third-order valence-electron chi connectivity index (χ3n) is 7.57. The van der Waals surface area contributed by atoms with Crippen molar-refractivity contribution in [2.24, 2.45) is 0 Å². The van der Waals surface area contributed by atoms with Crippen LogP contribution in [0.1, 0.15) is 18.4 Å². The number of nitrogens with zero attached hydrogens (tertiary/aromatic N) is 6. The van der Waals surface area contributed by atoms with E-state index in [9.17, 15) is 0 Å². The first-order valence-corrected chi connectivity index (χ1v) is 13.9. The zero-order chi connectivity index (χ0) is 25.2. The molecule has 0 unspecified atom stereocenters. The number of anilines is 2. The first-order valence-electron chi connectivity index (χ1n) is 13.1. The second kappa shape index (κ2) is 10.8. The molecule has 0 amide bonds. The number of rotatable bonds is 6. The largest absolute Gasteiger partial charge is 0.379 e. The highest BCUT2D eigenvalue weighted by atomic mass is 79.9. The van der Waals surface area contributed by atoms with Gasteiger partial charge in [0.25, 0.3) is 0 Å². The average Bonchev–Trinajstić information content (AvgIpc) is 3.37. The summed E-state index contributed by atoms with van der Waals surface area (Å²) in [6.45, 7) is 7.38. The summed E-state index contributed by atoms with van der Waals surface area (Å²) in [6.07, 6.45) is 7.86. The van der Waals surface area contributed by atoms with Gasteiger partial charge in [0.1, 0.15) is 11.3 Å². The predicted octanol–water partition coefficient (Wildman–Crippen LogP) is 4.61. The number of imidazole rings is 1. The highest BCUT2D eigenvalue weighted by Crippen LogP contribution is 2.33. The molecule has 1 aromatic carbocycles. The Morgan fingerprint density at radius 1 is 0.973 bits per heavy atom. The van der Waals surface area contributed by atoms with E-state index in [-0.39, 0.29) is 0 Å². The topological polar surface area (TPSA) is 76.2 Å². The van der Waals surface area contributed by atoms with E-state index >= 15 is 0 Å². The number of piperidine rings is 1. The van der Waals surface area contributed by atoms with Gasteiger partial charge in [0.2, 0.25) is 0 Å². The number of aromatic nitrogens is 4. The molecule has 37 heavy (non-hydrogen) atoms. The third-order valence-corrected chi connectivity index (χ3v) is 8.17. The highest BCUT2D eigenvalue weighted by Gasteiger charge is 2.21. The van der Waals surface area contributed by atoms with Crippen molar-refractivity contribution in [1.82, 2.24) is 29.7 Å². The Bertz CT molecular complexity index is 1320. The quantitative estimate of drug-likeness (QED) is 0.356. The fourth-order valence-corrected chi connectivity index (χ4v) is 5.71. The number of hydrogen-bond acceptors (Lipinski definition) is 7. The molecule has 192 valence electrons. The van der Waals surface area contributed by atoms with Gasteiger partial charge in [-0.1, -0.05) is 0 Å². The van der Waals surface area contributed by atoms with Crippen LogP contribution >= 0.6 is 15.9 Å². The molecule has 0 bridgehead atoms. The number of halogens is 1. The molecule has 0 radical (unpaired) electrons. The summed E-state index contributed by atoms with van der Waals surface area (Å²) in [4.78, 5) is 24.5. The summed E-state index contributed by atoms with van der Waals surface area (Å²) in [5, 5.41) is 3.74. The number of benzene rings is 1. The fraction of sp³-hybridized carbons (Fsp3) is 0.393. The Morgan fingerprint density at radius 2 is 1.70 bits per heavy atom. The van der Waals surface area contributed by atoms with Crippen molar-refractivity contribution in [1.29, 1.82) is 0 Å². The number of piperazine rings is 1. The van der Waals surface area contributed by atoms with E-state index in [1.807, 2.05) is 18.6 Å². The molecule has 2 aliphatic rings. The molecule has 2 N–H and O–H groups in total. The smallest absolute Gasteiger partial charge is 0.159 e. The minimum atomic E-state index is 0.447. The van der Waals surface area contributed by atoms with Gasteiger partial charge in [-0.05, 0) is 90.9 Å². The summed E-state index contributed by atoms with van der Waals surface area (Å²) in [5.74, 6) is 0.848. The third kappa shape index (κ3) is 5.49. The zero-order valence-electron chi connectivity index (χ0n) is 21.2. The van der Waals surface area contributed by atoms with E-state index in [0.717, 1.165) is 91.4 Å². The molecule has 2 fully saturated rings. The second-order valence-corrected chi connectivity index (χ2v) is 11.0. The summed E-state index contributed by atoms with van der Waals surface area (Å²) in [5.41, 5.74) is 6.38. The predicted molar refractivity (Wildman–Crippen MR) is 153 cm³/mol. The molecule has 0 aliphatic carbocycles. The van der Waals surface area contributed by atoms with Gasteiger partial charge in [-0.2, -0.15) is 0 Å². The van der Waals surface area contributed by atoms with E-state index in [1.54, 1.807) is 0 Å². The van der Waals surface area contributed by atoms with E-state index in [4.69, 9.17) is 4.98 Å². The lowest BCUT2D eigenvalue weighted by Gasteiger charge is -2.36. The van der Waals surface area contributed by atoms with Gasteiger partial charge in [-0.25, -0.2) is 9.97 Å². The van der Waals surface area contributed by atoms with Crippen LogP contribution in [0.4, 0.5) is 11.4 Å². The van der Waals surface area contributed by atoms with E-state index in [0.29, 0.717) is 6.04 Å². The maximum atomic E-state index is 4.97. The molecule has 2 aliphatic heterocycles. The number of likely N-dealkylation sites (tertiary alicyclic amines) is 1. The Hall–Kier alpha value is -3.01. The molecular weight excluding hydrogens is 528 g/mol. The minimum Gasteiger partial charge on any atom is -0.379 e. The lowest BCUT2D eigenvalue weighted by atomic mass is 10.1.